The second-order valence-corrected chi connectivity index (χ2v) is 11.5. The molecule has 1 aromatic rings. The van der Waals surface area contributed by atoms with Crippen LogP contribution in [0, 0.1) is 0 Å². The Bertz CT molecular complexity index is 1110. The van der Waals surface area contributed by atoms with Crippen LogP contribution in [0.1, 0.15) is 76.3 Å². The second kappa shape index (κ2) is 17.6. The molecule has 232 valence electrons. The van der Waals surface area contributed by atoms with Crippen LogP contribution in [0.3, 0.4) is 0 Å². The number of aryl methyl sites for hydroxylation is 1. The van der Waals surface area contributed by atoms with Gasteiger partial charge in [-0.25, -0.2) is 0 Å². The summed E-state index contributed by atoms with van der Waals surface area (Å²) in [4.78, 5) is 6.78. The number of hydrogen-bond donors (Lipinski definition) is 2. The molecule has 0 spiro atoms. The third kappa shape index (κ3) is 15.6. The number of allylic oxidation sites excluding steroid dienone is 2. The third-order valence-electron chi connectivity index (χ3n) is 5.41. The van der Waals surface area contributed by atoms with E-state index in [1.165, 1.54) is 74.6 Å². The van der Waals surface area contributed by atoms with Crippen LogP contribution in [0.25, 0.3) is 5.57 Å². The Morgan fingerprint density at radius 1 is 0.850 bits per heavy atom. The lowest BCUT2D eigenvalue weighted by Crippen LogP contribution is -2.21. The standard InChI is InChI=1S/C22H34N2.2CHF3O3S/c1-3-5-7-9-11-21-19-23-15-12-22(21)20-13-17-24(18-14-20)16-10-8-6-4-2;2*2-1(3,4)8(5,6)7/h12-15,17,19H,3-11,16,18H2,1-2H3;2*(H,5,6,7). The molecule has 8 nitrogen and oxygen atoms in total. The van der Waals surface area contributed by atoms with Crippen LogP contribution in [0.2, 0.25) is 0 Å². The van der Waals surface area contributed by atoms with Crippen molar-refractivity contribution in [1.82, 2.24) is 9.88 Å². The molecule has 2 N–H and O–H groups in total. The van der Waals surface area contributed by atoms with Gasteiger partial charge in [0.25, 0.3) is 0 Å². The Balaban J connectivity index is 0.000000780. The summed E-state index contributed by atoms with van der Waals surface area (Å²) < 4.78 is 115. The van der Waals surface area contributed by atoms with Gasteiger partial charge in [0, 0.05) is 25.5 Å². The molecule has 0 aromatic carbocycles. The maximum absolute atomic E-state index is 10.7. The second-order valence-electron chi connectivity index (χ2n) is 8.72. The van der Waals surface area contributed by atoms with Crippen molar-refractivity contribution in [3.8, 4) is 0 Å². The van der Waals surface area contributed by atoms with E-state index in [9.17, 15) is 26.3 Å². The van der Waals surface area contributed by atoms with Crippen molar-refractivity contribution in [3.63, 3.8) is 0 Å². The van der Waals surface area contributed by atoms with Crippen molar-refractivity contribution in [1.29, 1.82) is 0 Å². The zero-order valence-electron chi connectivity index (χ0n) is 22.2. The normalized spacial score (nSPS) is 14.1. The molecule has 0 fully saturated rings. The highest BCUT2D eigenvalue weighted by Crippen LogP contribution is 2.24. The maximum atomic E-state index is 10.7. The summed E-state index contributed by atoms with van der Waals surface area (Å²) in [6, 6.07) is 2.18. The number of hydrogen-bond acceptors (Lipinski definition) is 6. The molecule has 1 aliphatic heterocycles. The number of halogens is 6. The van der Waals surface area contributed by atoms with E-state index in [1.54, 1.807) is 0 Å². The molecule has 0 unspecified atom stereocenters. The Hall–Kier alpha value is -2.17. The van der Waals surface area contributed by atoms with Gasteiger partial charge in [-0.2, -0.15) is 43.2 Å². The Morgan fingerprint density at radius 3 is 1.77 bits per heavy atom. The van der Waals surface area contributed by atoms with E-state index in [2.05, 4.69) is 54.3 Å². The van der Waals surface area contributed by atoms with Crippen LogP contribution >= 0.6 is 0 Å². The van der Waals surface area contributed by atoms with Gasteiger partial charge in [-0.05, 0) is 54.3 Å². The van der Waals surface area contributed by atoms with E-state index >= 15 is 0 Å². The predicted molar refractivity (Wildman–Crippen MR) is 140 cm³/mol. The van der Waals surface area contributed by atoms with Gasteiger partial charge in [0.1, 0.15) is 0 Å². The summed E-state index contributed by atoms with van der Waals surface area (Å²) in [5.74, 6) is 0. The molecule has 40 heavy (non-hydrogen) atoms. The molecule has 1 aliphatic rings. The SMILES string of the molecule is CCCCCCc1cnccc1C1=CCN(CCCCCC)C=C1.O=S(=O)(O)C(F)(F)F.O=S(=O)(O)C(F)(F)F. The lowest BCUT2D eigenvalue weighted by Gasteiger charge is -2.23. The molecule has 0 radical (unpaired) electrons. The first kappa shape index (κ1) is 37.8. The zero-order chi connectivity index (χ0) is 31.0. The largest absolute Gasteiger partial charge is 0.522 e. The third-order valence-corrected chi connectivity index (χ3v) is 6.58. The van der Waals surface area contributed by atoms with Crippen LogP contribution in [0.5, 0.6) is 0 Å². The Kier molecular flexibility index (Phi) is 16.6. The fourth-order valence-corrected chi connectivity index (χ4v) is 3.29. The van der Waals surface area contributed by atoms with Crippen LogP contribution in [0.15, 0.2) is 36.8 Å². The zero-order valence-corrected chi connectivity index (χ0v) is 23.9. The van der Waals surface area contributed by atoms with E-state index in [-0.39, 0.29) is 0 Å². The van der Waals surface area contributed by atoms with E-state index in [4.69, 9.17) is 25.9 Å². The lowest BCUT2D eigenvalue weighted by atomic mass is 9.96. The molecule has 0 atom stereocenters. The molecule has 0 saturated heterocycles. The molecule has 0 bridgehead atoms. The first-order valence-corrected chi connectivity index (χ1v) is 15.4. The molecule has 2 rings (SSSR count). The van der Waals surface area contributed by atoms with E-state index in [1.807, 2.05) is 6.20 Å². The summed E-state index contributed by atoms with van der Waals surface area (Å²) in [6.45, 7) is 6.75. The maximum Gasteiger partial charge on any atom is 0.522 e. The molecule has 0 amide bonds. The number of nitrogens with zero attached hydrogens (tertiary/aromatic N) is 2. The highest BCUT2D eigenvalue weighted by Gasteiger charge is 2.45. The minimum absolute atomic E-state index is 1.04. The minimum atomic E-state index is -5.84. The molecule has 0 aliphatic carbocycles. The fourth-order valence-electron chi connectivity index (χ4n) is 3.29. The first-order chi connectivity index (χ1) is 18.3. The van der Waals surface area contributed by atoms with Gasteiger partial charge < -0.3 is 4.90 Å². The summed E-state index contributed by atoms with van der Waals surface area (Å²) in [5.41, 5.74) is -6.92. The van der Waals surface area contributed by atoms with Gasteiger partial charge >= 0.3 is 31.3 Å². The summed E-state index contributed by atoms with van der Waals surface area (Å²) in [5, 5.41) is 0. The van der Waals surface area contributed by atoms with Crippen LogP contribution in [0.4, 0.5) is 26.3 Å². The van der Waals surface area contributed by atoms with Gasteiger partial charge in [-0.1, -0.05) is 58.4 Å². The van der Waals surface area contributed by atoms with Gasteiger partial charge in [0.05, 0.1) is 0 Å². The van der Waals surface area contributed by atoms with Crippen molar-refractivity contribution < 1.29 is 52.3 Å². The highest BCUT2D eigenvalue weighted by molar-refractivity contribution is 7.86. The minimum Gasteiger partial charge on any atom is -0.374 e. The lowest BCUT2D eigenvalue weighted by molar-refractivity contribution is -0.0514. The van der Waals surface area contributed by atoms with Gasteiger partial charge in [0.15, 0.2) is 0 Å². The average molecular weight is 627 g/mol. The first-order valence-electron chi connectivity index (χ1n) is 12.5. The van der Waals surface area contributed by atoms with E-state index < -0.39 is 31.3 Å². The number of aromatic nitrogens is 1. The van der Waals surface area contributed by atoms with Gasteiger partial charge in [-0.15, -0.1) is 0 Å². The molecule has 1 aromatic heterocycles. The predicted octanol–water partition coefficient (Wildman–Crippen LogP) is 6.79. The average Bonchev–Trinajstić information content (AvgIpc) is 2.84. The van der Waals surface area contributed by atoms with Gasteiger partial charge in [-0.3, -0.25) is 14.1 Å². The number of alkyl halides is 6. The summed E-state index contributed by atoms with van der Waals surface area (Å²) in [7, 11) is -11.7. The van der Waals surface area contributed by atoms with Crippen molar-refractivity contribution in [2.75, 3.05) is 13.1 Å². The fraction of sp³-hybridized carbons (Fsp3) is 0.625. The molecule has 2 heterocycles. The van der Waals surface area contributed by atoms with Crippen LogP contribution in [-0.2, 0) is 26.7 Å². The van der Waals surface area contributed by atoms with Crippen LogP contribution in [-0.4, -0.2) is 59.9 Å². The van der Waals surface area contributed by atoms with Crippen molar-refractivity contribution in [2.24, 2.45) is 0 Å². The number of pyridine rings is 1. The smallest absolute Gasteiger partial charge is 0.374 e. The Labute approximate surface area is 231 Å². The highest BCUT2D eigenvalue weighted by atomic mass is 32.2. The molecular weight excluding hydrogens is 590 g/mol. The summed E-state index contributed by atoms with van der Waals surface area (Å²) in [6.07, 6.45) is 22.6. The van der Waals surface area contributed by atoms with Gasteiger partial charge in [0.2, 0.25) is 0 Å². The summed E-state index contributed by atoms with van der Waals surface area (Å²) >= 11 is 0. The van der Waals surface area contributed by atoms with Crippen LogP contribution < -0.4 is 0 Å². The molecule has 16 heteroatoms. The topological polar surface area (TPSA) is 125 Å². The quantitative estimate of drug-likeness (QED) is 0.119. The monoisotopic (exact) mass is 626 g/mol. The van der Waals surface area contributed by atoms with Crippen molar-refractivity contribution in [2.45, 2.75) is 82.7 Å². The Morgan fingerprint density at radius 2 is 1.35 bits per heavy atom. The molecular formula is C24H36F6N2O6S2. The van der Waals surface area contributed by atoms with E-state index in [0.717, 1.165) is 13.0 Å². The molecule has 0 saturated carbocycles. The van der Waals surface area contributed by atoms with Crippen molar-refractivity contribution in [3.05, 3.63) is 47.9 Å². The number of unbranched alkanes of at least 4 members (excludes halogenated alkanes) is 6. The number of rotatable bonds is 11. The van der Waals surface area contributed by atoms with Crippen molar-refractivity contribution >= 4 is 25.8 Å². The van der Waals surface area contributed by atoms with E-state index in [0.29, 0.717) is 0 Å².